The smallest absolute Gasteiger partial charge is 0.0953 e. The van der Waals surface area contributed by atoms with Gasteiger partial charge in [0, 0.05) is 23.5 Å². The number of nitrogens with zero attached hydrogens (tertiary/aromatic N) is 1. The van der Waals surface area contributed by atoms with Gasteiger partial charge in [-0.15, -0.1) is 11.3 Å². The van der Waals surface area contributed by atoms with Crippen LogP contribution in [0.25, 0.3) is 0 Å². The molecule has 0 aromatic carbocycles. The Morgan fingerprint density at radius 2 is 2.25 bits per heavy atom. The highest BCUT2D eigenvalue weighted by atomic mass is 32.2. The van der Waals surface area contributed by atoms with E-state index in [-0.39, 0.29) is 0 Å². The van der Waals surface area contributed by atoms with Crippen molar-refractivity contribution in [2.24, 2.45) is 0 Å². The van der Waals surface area contributed by atoms with E-state index in [1.165, 1.54) is 28.5 Å². The van der Waals surface area contributed by atoms with Crippen molar-refractivity contribution < 1.29 is 0 Å². The Balaban J connectivity index is 2.12. The predicted molar refractivity (Wildman–Crippen MR) is 75.5 cm³/mol. The summed E-state index contributed by atoms with van der Waals surface area (Å²) >= 11 is 3.76. The van der Waals surface area contributed by atoms with Crippen LogP contribution in [0.4, 0.5) is 0 Å². The highest BCUT2D eigenvalue weighted by Gasteiger charge is 2.04. The first-order valence-electron chi connectivity index (χ1n) is 5.88. The molecule has 0 amide bonds. The van der Waals surface area contributed by atoms with Crippen LogP contribution in [0.3, 0.4) is 0 Å². The third kappa shape index (κ3) is 5.32. The average Bonchev–Trinajstić information content (AvgIpc) is 2.72. The Labute approximate surface area is 107 Å². The molecule has 92 valence electrons. The zero-order valence-corrected chi connectivity index (χ0v) is 12.1. The molecule has 0 saturated carbocycles. The van der Waals surface area contributed by atoms with Gasteiger partial charge in [0.05, 0.1) is 5.01 Å². The Kier molecular flexibility index (Phi) is 7.08. The van der Waals surface area contributed by atoms with Crippen LogP contribution >= 0.6 is 23.1 Å². The molecule has 0 radical (unpaired) electrons. The fourth-order valence-corrected chi connectivity index (χ4v) is 2.76. The predicted octanol–water partition coefficient (Wildman–Crippen LogP) is 3.50. The molecule has 4 heteroatoms. The van der Waals surface area contributed by atoms with Gasteiger partial charge in [-0.25, -0.2) is 4.98 Å². The van der Waals surface area contributed by atoms with Gasteiger partial charge in [0.15, 0.2) is 0 Å². The minimum absolute atomic E-state index is 0.556. The Bertz CT molecular complexity index is 284. The second-order valence-electron chi connectivity index (χ2n) is 4.20. The molecule has 1 heterocycles. The van der Waals surface area contributed by atoms with Crippen LogP contribution < -0.4 is 5.32 Å². The monoisotopic (exact) mass is 258 g/mol. The molecule has 1 aromatic rings. The van der Waals surface area contributed by atoms with Crippen molar-refractivity contribution in [2.75, 3.05) is 18.6 Å². The molecule has 0 fully saturated rings. The maximum Gasteiger partial charge on any atom is 0.0953 e. The molecule has 0 aliphatic carbocycles. The molecule has 1 aromatic heterocycles. The molecule has 0 aliphatic heterocycles. The van der Waals surface area contributed by atoms with Gasteiger partial charge in [-0.3, -0.25) is 0 Å². The lowest BCUT2D eigenvalue weighted by molar-refractivity contribution is 0.648. The summed E-state index contributed by atoms with van der Waals surface area (Å²) in [6.07, 6.45) is 6.76. The topological polar surface area (TPSA) is 24.9 Å². The van der Waals surface area contributed by atoms with Crippen molar-refractivity contribution >= 4 is 23.1 Å². The summed E-state index contributed by atoms with van der Waals surface area (Å²) < 4.78 is 0. The van der Waals surface area contributed by atoms with Crippen LogP contribution in [0, 0.1) is 0 Å². The fourth-order valence-electron chi connectivity index (χ4n) is 1.38. The zero-order chi connectivity index (χ0) is 11.8. The number of unbranched alkanes of at least 4 members (excludes halogenated alkanes) is 1. The standard InChI is InChI=1S/C12H22N2S2/c1-10(2)12-14-9-11(16-12)8-13-6-4-5-7-15-3/h9-10,13H,4-8H2,1-3H3. The molecule has 1 rings (SSSR count). The first-order valence-corrected chi connectivity index (χ1v) is 8.09. The fraction of sp³-hybridized carbons (Fsp3) is 0.750. The van der Waals surface area contributed by atoms with E-state index in [1.54, 1.807) is 0 Å². The Morgan fingerprint density at radius 1 is 1.44 bits per heavy atom. The summed E-state index contributed by atoms with van der Waals surface area (Å²) in [6.45, 7) is 6.48. The quantitative estimate of drug-likeness (QED) is 0.722. The van der Waals surface area contributed by atoms with E-state index in [0.717, 1.165) is 13.1 Å². The van der Waals surface area contributed by atoms with Gasteiger partial charge in [0.2, 0.25) is 0 Å². The molecule has 0 unspecified atom stereocenters. The number of rotatable bonds is 8. The van der Waals surface area contributed by atoms with Crippen molar-refractivity contribution in [1.29, 1.82) is 0 Å². The van der Waals surface area contributed by atoms with Gasteiger partial charge in [0.25, 0.3) is 0 Å². The van der Waals surface area contributed by atoms with Crippen LogP contribution in [0.1, 0.15) is 42.5 Å². The number of thioether (sulfide) groups is 1. The van der Waals surface area contributed by atoms with E-state index < -0.39 is 0 Å². The second-order valence-corrected chi connectivity index (χ2v) is 6.33. The first kappa shape index (κ1) is 14.0. The minimum Gasteiger partial charge on any atom is -0.312 e. The molecule has 0 saturated heterocycles. The minimum atomic E-state index is 0.556. The van der Waals surface area contributed by atoms with Crippen LogP contribution in [0.5, 0.6) is 0 Å². The molecule has 0 aliphatic rings. The van der Waals surface area contributed by atoms with E-state index in [1.807, 2.05) is 29.3 Å². The molecule has 0 atom stereocenters. The number of nitrogens with one attached hydrogen (secondary N) is 1. The van der Waals surface area contributed by atoms with Gasteiger partial charge >= 0.3 is 0 Å². The largest absolute Gasteiger partial charge is 0.312 e. The molecule has 2 nitrogen and oxygen atoms in total. The average molecular weight is 258 g/mol. The van der Waals surface area contributed by atoms with Gasteiger partial charge in [0.1, 0.15) is 0 Å². The number of hydrogen-bond donors (Lipinski definition) is 1. The third-order valence-electron chi connectivity index (χ3n) is 2.32. The lowest BCUT2D eigenvalue weighted by Gasteiger charge is -2.02. The van der Waals surface area contributed by atoms with E-state index >= 15 is 0 Å². The van der Waals surface area contributed by atoms with Gasteiger partial charge < -0.3 is 5.32 Å². The van der Waals surface area contributed by atoms with Crippen LogP contribution in [-0.4, -0.2) is 23.5 Å². The summed E-state index contributed by atoms with van der Waals surface area (Å²) in [6, 6.07) is 0. The highest BCUT2D eigenvalue weighted by molar-refractivity contribution is 7.98. The van der Waals surface area contributed by atoms with Crippen molar-refractivity contribution in [1.82, 2.24) is 10.3 Å². The summed E-state index contributed by atoms with van der Waals surface area (Å²) in [5, 5.41) is 4.72. The summed E-state index contributed by atoms with van der Waals surface area (Å²) in [4.78, 5) is 5.77. The summed E-state index contributed by atoms with van der Waals surface area (Å²) in [5.74, 6) is 1.83. The maximum atomic E-state index is 4.42. The first-order chi connectivity index (χ1) is 7.74. The van der Waals surface area contributed by atoms with E-state index in [9.17, 15) is 0 Å². The molecular weight excluding hydrogens is 236 g/mol. The second kappa shape index (κ2) is 8.09. The summed E-state index contributed by atoms with van der Waals surface area (Å²) in [7, 11) is 0. The SMILES string of the molecule is CSCCCCNCc1cnc(C(C)C)s1. The molecule has 0 spiro atoms. The van der Waals surface area contributed by atoms with E-state index in [4.69, 9.17) is 0 Å². The van der Waals surface area contributed by atoms with Crippen LogP contribution in [0.2, 0.25) is 0 Å². The number of aromatic nitrogens is 1. The van der Waals surface area contributed by atoms with Gasteiger partial charge in [-0.05, 0) is 31.4 Å². The van der Waals surface area contributed by atoms with Crippen LogP contribution in [-0.2, 0) is 6.54 Å². The number of thiazole rings is 1. The van der Waals surface area contributed by atoms with Crippen molar-refractivity contribution in [3.05, 3.63) is 16.1 Å². The molecule has 16 heavy (non-hydrogen) atoms. The van der Waals surface area contributed by atoms with E-state index in [0.29, 0.717) is 5.92 Å². The lowest BCUT2D eigenvalue weighted by Crippen LogP contribution is -2.13. The zero-order valence-electron chi connectivity index (χ0n) is 10.5. The van der Waals surface area contributed by atoms with Crippen molar-refractivity contribution in [3.8, 4) is 0 Å². The maximum absolute atomic E-state index is 4.42. The van der Waals surface area contributed by atoms with Crippen molar-refractivity contribution in [3.63, 3.8) is 0 Å². The lowest BCUT2D eigenvalue weighted by atomic mass is 10.2. The normalized spacial score (nSPS) is 11.2. The van der Waals surface area contributed by atoms with Gasteiger partial charge in [-0.2, -0.15) is 11.8 Å². The Hall–Kier alpha value is -0.0600. The molecule has 0 bridgehead atoms. The Morgan fingerprint density at radius 3 is 2.88 bits per heavy atom. The molecular formula is C12H22N2S2. The number of hydrogen-bond acceptors (Lipinski definition) is 4. The van der Waals surface area contributed by atoms with Crippen molar-refractivity contribution in [2.45, 2.75) is 39.2 Å². The molecule has 1 N–H and O–H groups in total. The van der Waals surface area contributed by atoms with Gasteiger partial charge in [-0.1, -0.05) is 13.8 Å². The third-order valence-corrected chi connectivity index (χ3v) is 4.31. The van der Waals surface area contributed by atoms with Crippen LogP contribution in [0.15, 0.2) is 6.20 Å². The summed E-state index contributed by atoms with van der Waals surface area (Å²) in [5.41, 5.74) is 0. The highest BCUT2D eigenvalue weighted by Crippen LogP contribution is 2.20. The van der Waals surface area contributed by atoms with E-state index in [2.05, 4.69) is 30.4 Å².